The van der Waals surface area contributed by atoms with Crippen LogP contribution in [-0.2, 0) is 4.74 Å². The van der Waals surface area contributed by atoms with Gasteiger partial charge in [-0.3, -0.25) is 4.79 Å². The molecule has 1 aromatic heterocycles. The summed E-state index contributed by atoms with van der Waals surface area (Å²) < 4.78 is 7.12. The van der Waals surface area contributed by atoms with E-state index < -0.39 is 0 Å². The summed E-state index contributed by atoms with van der Waals surface area (Å²) in [4.78, 5) is 12.4. The van der Waals surface area contributed by atoms with E-state index in [2.05, 4.69) is 9.88 Å². The molecule has 0 saturated carbocycles. The van der Waals surface area contributed by atoms with Gasteiger partial charge in [-0.2, -0.15) is 0 Å². The van der Waals surface area contributed by atoms with Gasteiger partial charge in [-0.05, 0) is 51.1 Å². The molecule has 0 aliphatic rings. The van der Waals surface area contributed by atoms with Crippen LogP contribution in [0.2, 0.25) is 5.02 Å². The van der Waals surface area contributed by atoms with E-state index in [4.69, 9.17) is 16.3 Å². The second-order valence-corrected chi connectivity index (χ2v) is 5.85. The smallest absolute Gasteiger partial charge is 0.253 e. The second-order valence-electron chi connectivity index (χ2n) is 5.45. The Morgan fingerprint density at radius 1 is 1.27 bits per heavy atom. The predicted octanol–water partition coefficient (Wildman–Crippen LogP) is 3.51. The lowest BCUT2D eigenvalue weighted by atomic mass is 10.1. The number of aryl methyl sites for hydroxylation is 2. The van der Waals surface area contributed by atoms with Gasteiger partial charge in [-0.15, -0.1) is 0 Å². The summed E-state index contributed by atoms with van der Waals surface area (Å²) in [6.07, 6.45) is 0. The number of benzene rings is 1. The molecule has 0 aliphatic heterocycles. The average Bonchev–Trinajstić information content (AvgIpc) is 2.79. The van der Waals surface area contributed by atoms with Crippen molar-refractivity contribution in [1.82, 2.24) is 9.88 Å². The molecule has 4 nitrogen and oxygen atoms in total. The fraction of sp³-hybridized carbons (Fsp3) is 0.353. The van der Waals surface area contributed by atoms with Crippen LogP contribution in [0, 0.1) is 13.8 Å². The Balaban J connectivity index is 2.33. The lowest BCUT2D eigenvalue weighted by Crippen LogP contribution is -2.35. The first kappa shape index (κ1) is 16.6. The van der Waals surface area contributed by atoms with E-state index in [9.17, 15) is 4.79 Å². The number of rotatable bonds is 5. The predicted molar refractivity (Wildman–Crippen MR) is 89.1 cm³/mol. The Morgan fingerprint density at radius 2 is 1.91 bits per heavy atom. The number of carbonyl (C=O) groups excluding carboxylic acids is 1. The summed E-state index contributed by atoms with van der Waals surface area (Å²) in [5.41, 5.74) is 3.61. The highest BCUT2D eigenvalue weighted by atomic mass is 35.5. The van der Waals surface area contributed by atoms with Gasteiger partial charge in [0.05, 0.1) is 17.2 Å². The molecule has 0 radical (unpaired) electrons. The molecular weight excluding hydrogens is 300 g/mol. The maximum Gasteiger partial charge on any atom is 0.253 e. The van der Waals surface area contributed by atoms with Crippen molar-refractivity contribution in [2.24, 2.45) is 0 Å². The van der Waals surface area contributed by atoms with Crippen LogP contribution < -0.4 is 5.32 Å². The zero-order chi connectivity index (χ0) is 16.3. The van der Waals surface area contributed by atoms with Crippen molar-refractivity contribution < 1.29 is 9.53 Å². The van der Waals surface area contributed by atoms with E-state index >= 15 is 0 Å². The molecule has 0 unspecified atom stereocenters. The van der Waals surface area contributed by atoms with Gasteiger partial charge >= 0.3 is 0 Å². The number of nitrogens with one attached hydrogen (secondary N) is 1. The summed E-state index contributed by atoms with van der Waals surface area (Å²) in [6, 6.07) is 9.50. The van der Waals surface area contributed by atoms with Crippen LogP contribution in [0.3, 0.4) is 0 Å². The third kappa shape index (κ3) is 3.51. The van der Waals surface area contributed by atoms with Gasteiger partial charge in [-0.1, -0.05) is 11.6 Å². The molecule has 1 atom stereocenters. The molecule has 1 heterocycles. The van der Waals surface area contributed by atoms with Crippen LogP contribution in [0.5, 0.6) is 0 Å². The number of nitrogens with zero attached hydrogens (tertiary/aromatic N) is 1. The van der Waals surface area contributed by atoms with Crippen LogP contribution >= 0.6 is 11.6 Å². The largest absolute Gasteiger partial charge is 0.383 e. The van der Waals surface area contributed by atoms with Crippen molar-refractivity contribution in [3.8, 4) is 5.69 Å². The lowest BCUT2D eigenvalue weighted by Gasteiger charge is -2.15. The van der Waals surface area contributed by atoms with Crippen LogP contribution in [0.25, 0.3) is 5.69 Å². The Bertz CT molecular complexity index is 660. The van der Waals surface area contributed by atoms with E-state index in [-0.39, 0.29) is 11.9 Å². The molecule has 0 bridgehead atoms. The number of hydrogen-bond donors (Lipinski definition) is 1. The fourth-order valence-electron chi connectivity index (χ4n) is 2.50. The minimum Gasteiger partial charge on any atom is -0.383 e. The van der Waals surface area contributed by atoms with Gasteiger partial charge < -0.3 is 14.6 Å². The van der Waals surface area contributed by atoms with Crippen molar-refractivity contribution in [3.63, 3.8) is 0 Å². The third-order valence-corrected chi connectivity index (χ3v) is 3.85. The molecule has 118 valence electrons. The quantitative estimate of drug-likeness (QED) is 0.916. The average molecular weight is 321 g/mol. The monoisotopic (exact) mass is 320 g/mol. The highest BCUT2D eigenvalue weighted by molar-refractivity contribution is 6.33. The maximum absolute atomic E-state index is 12.4. The first-order chi connectivity index (χ1) is 10.4. The molecule has 0 saturated heterocycles. The van der Waals surface area contributed by atoms with Gasteiger partial charge in [0, 0.05) is 30.2 Å². The first-order valence-corrected chi connectivity index (χ1v) is 7.56. The van der Waals surface area contributed by atoms with Crippen LogP contribution in [-0.4, -0.2) is 30.2 Å². The molecular formula is C17H21ClN2O2. The number of halogens is 1. The standard InChI is InChI=1S/C17H21ClN2O2/c1-11(10-22-4)19-17(21)15-9-14(7-8-16(15)18)20-12(2)5-6-13(20)3/h5-9,11H,10H2,1-4H3,(H,19,21)/t11-/m1/s1. The summed E-state index contributed by atoms with van der Waals surface area (Å²) in [7, 11) is 1.61. The molecule has 0 fully saturated rings. The first-order valence-electron chi connectivity index (χ1n) is 7.18. The molecule has 1 N–H and O–H groups in total. The number of aromatic nitrogens is 1. The van der Waals surface area contributed by atoms with Crippen molar-refractivity contribution in [3.05, 3.63) is 52.3 Å². The topological polar surface area (TPSA) is 43.3 Å². The minimum atomic E-state index is -0.195. The van der Waals surface area contributed by atoms with Crippen molar-refractivity contribution in [2.45, 2.75) is 26.8 Å². The van der Waals surface area contributed by atoms with Crippen molar-refractivity contribution in [1.29, 1.82) is 0 Å². The number of amides is 1. The molecule has 0 aliphatic carbocycles. The Labute approximate surface area is 136 Å². The third-order valence-electron chi connectivity index (χ3n) is 3.52. The van der Waals surface area contributed by atoms with Gasteiger partial charge in [-0.25, -0.2) is 0 Å². The summed E-state index contributed by atoms with van der Waals surface area (Å²) in [5.74, 6) is -0.195. The SMILES string of the molecule is COC[C@@H](C)NC(=O)c1cc(-n2c(C)ccc2C)ccc1Cl. The number of hydrogen-bond acceptors (Lipinski definition) is 2. The van der Waals surface area contributed by atoms with Gasteiger partial charge in [0.1, 0.15) is 0 Å². The van der Waals surface area contributed by atoms with Crippen molar-refractivity contribution >= 4 is 17.5 Å². The fourth-order valence-corrected chi connectivity index (χ4v) is 2.70. The summed E-state index contributed by atoms with van der Waals surface area (Å²) >= 11 is 6.19. The Hall–Kier alpha value is -1.78. The molecule has 5 heteroatoms. The van der Waals surface area contributed by atoms with E-state index in [0.29, 0.717) is 17.2 Å². The van der Waals surface area contributed by atoms with E-state index in [1.165, 1.54) is 0 Å². The molecule has 2 rings (SSSR count). The molecule has 1 amide bonds. The number of ether oxygens (including phenoxy) is 1. The number of carbonyl (C=O) groups is 1. The van der Waals surface area contributed by atoms with E-state index in [1.54, 1.807) is 13.2 Å². The van der Waals surface area contributed by atoms with Crippen LogP contribution in [0.4, 0.5) is 0 Å². The van der Waals surface area contributed by atoms with Crippen LogP contribution in [0.15, 0.2) is 30.3 Å². The zero-order valence-corrected chi connectivity index (χ0v) is 14.1. The number of methoxy groups -OCH3 is 1. The maximum atomic E-state index is 12.4. The molecule has 2 aromatic rings. The van der Waals surface area contributed by atoms with E-state index in [0.717, 1.165) is 17.1 Å². The Morgan fingerprint density at radius 3 is 2.50 bits per heavy atom. The second kappa shape index (κ2) is 6.99. The van der Waals surface area contributed by atoms with Crippen LogP contribution in [0.1, 0.15) is 28.7 Å². The van der Waals surface area contributed by atoms with Gasteiger partial charge in [0.2, 0.25) is 0 Å². The summed E-state index contributed by atoms with van der Waals surface area (Å²) in [6.45, 7) is 6.41. The van der Waals surface area contributed by atoms with Crippen molar-refractivity contribution in [2.75, 3.05) is 13.7 Å². The summed E-state index contributed by atoms with van der Waals surface area (Å²) in [5, 5.41) is 3.32. The zero-order valence-electron chi connectivity index (χ0n) is 13.3. The minimum absolute atomic E-state index is 0.0766. The highest BCUT2D eigenvalue weighted by Gasteiger charge is 2.15. The highest BCUT2D eigenvalue weighted by Crippen LogP contribution is 2.23. The lowest BCUT2D eigenvalue weighted by molar-refractivity contribution is 0.0905. The molecule has 1 aromatic carbocycles. The normalized spacial score (nSPS) is 12.2. The van der Waals surface area contributed by atoms with Gasteiger partial charge in [0.15, 0.2) is 0 Å². The van der Waals surface area contributed by atoms with Gasteiger partial charge in [0.25, 0.3) is 5.91 Å². The van der Waals surface area contributed by atoms with E-state index in [1.807, 2.05) is 45.0 Å². The molecule has 22 heavy (non-hydrogen) atoms. The molecule has 0 spiro atoms. The Kier molecular flexibility index (Phi) is 5.27.